The summed E-state index contributed by atoms with van der Waals surface area (Å²) in [5.74, 6) is -0.408. The van der Waals surface area contributed by atoms with E-state index in [4.69, 9.17) is 16.7 Å². The zero-order valence-corrected chi connectivity index (χ0v) is 9.72. The molecule has 1 heterocycles. The molecular formula is C10H8ClN5O2. The van der Waals surface area contributed by atoms with Gasteiger partial charge in [-0.1, -0.05) is 11.6 Å². The van der Waals surface area contributed by atoms with Gasteiger partial charge in [0.2, 0.25) is 0 Å². The van der Waals surface area contributed by atoms with Gasteiger partial charge in [-0.2, -0.15) is 10.3 Å². The second-order valence-corrected chi connectivity index (χ2v) is 3.61. The van der Waals surface area contributed by atoms with E-state index in [2.05, 4.69) is 25.9 Å². The Hall–Kier alpha value is -2.41. The fraction of sp³-hybridized carbons (Fsp3) is 0. The van der Waals surface area contributed by atoms with Crippen LogP contribution in [-0.2, 0) is 0 Å². The lowest BCUT2D eigenvalue weighted by Crippen LogP contribution is -2.18. The zero-order valence-electron chi connectivity index (χ0n) is 8.96. The van der Waals surface area contributed by atoms with Crippen LogP contribution >= 0.6 is 11.6 Å². The highest BCUT2D eigenvalue weighted by molar-refractivity contribution is 6.32. The average molecular weight is 266 g/mol. The maximum atomic E-state index is 11.5. The van der Waals surface area contributed by atoms with Crippen molar-refractivity contribution in [1.29, 1.82) is 0 Å². The topological polar surface area (TPSA) is 103 Å². The number of hydrogen-bond acceptors (Lipinski definition) is 5. The van der Waals surface area contributed by atoms with Crippen LogP contribution in [0.3, 0.4) is 0 Å². The molecule has 0 unspecified atom stereocenters. The van der Waals surface area contributed by atoms with Gasteiger partial charge in [-0.15, -0.1) is 10.2 Å². The van der Waals surface area contributed by atoms with Crippen LogP contribution in [-0.4, -0.2) is 32.6 Å². The summed E-state index contributed by atoms with van der Waals surface area (Å²) in [4.78, 5) is 11.5. The number of nitrogens with one attached hydrogen (secondary N) is 2. The Labute approximate surface area is 106 Å². The van der Waals surface area contributed by atoms with E-state index in [1.165, 1.54) is 18.3 Å². The molecule has 7 nitrogen and oxygen atoms in total. The SMILES string of the molecule is O=C(N/N=C\c1ccc(O)cc1)c1n[nH]nc1Cl. The van der Waals surface area contributed by atoms with Gasteiger partial charge in [-0.25, -0.2) is 5.43 Å². The van der Waals surface area contributed by atoms with Gasteiger partial charge in [0.25, 0.3) is 5.91 Å². The summed E-state index contributed by atoms with van der Waals surface area (Å²) < 4.78 is 0. The van der Waals surface area contributed by atoms with E-state index in [0.29, 0.717) is 0 Å². The van der Waals surface area contributed by atoms with Gasteiger partial charge in [-0.3, -0.25) is 4.79 Å². The highest BCUT2D eigenvalue weighted by atomic mass is 35.5. The summed E-state index contributed by atoms with van der Waals surface area (Å²) in [5.41, 5.74) is 2.94. The molecule has 8 heteroatoms. The van der Waals surface area contributed by atoms with Crippen LogP contribution < -0.4 is 5.43 Å². The second kappa shape index (κ2) is 5.28. The van der Waals surface area contributed by atoms with Crippen molar-refractivity contribution in [3.05, 3.63) is 40.7 Å². The minimum Gasteiger partial charge on any atom is -0.508 e. The number of aromatic hydroxyl groups is 1. The molecule has 2 aromatic rings. The van der Waals surface area contributed by atoms with Gasteiger partial charge in [0.05, 0.1) is 6.21 Å². The third kappa shape index (κ3) is 2.83. The molecule has 0 bridgehead atoms. The van der Waals surface area contributed by atoms with Crippen LogP contribution in [0.25, 0.3) is 0 Å². The number of rotatable bonds is 3. The van der Waals surface area contributed by atoms with Crippen molar-refractivity contribution in [2.75, 3.05) is 0 Å². The van der Waals surface area contributed by atoms with E-state index < -0.39 is 5.91 Å². The molecule has 18 heavy (non-hydrogen) atoms. The Morgan fingerprint density at radius 1 is 1.39 bits per heavy atom. The first-order chi connectivity index (χ1) is 8.66. The number of halogens is 1. The Bertz CT molecular complexity index is 578. The molecule has 0 aliphatic rings. The van der Waals surface area contributed by atoms with E-state index in [-0.39, 0.29) is 16.6 Å². The summed E-state index contributed by atoms with van der Waals surface area (Å²) >= 11 is 5.60. The molecule has 0 radical (unpaired) electrons. The summed E-state index contributed by atoms with van der Waals surface area (Å²) in [6, 6.07) is 6.32. The van der Waals surface area contributed by atoms with Gasteiger partial charge in [-0.05, 0) is 29.8 Å². The molecule has 0 spiro atoms. The summed E-state index contributed by atoms with van der Waals surface area (Å²) in [6.07, 6.45) is 1.42. The van der Waals surface area contributed by atoms with Crippen molar-refractivity contribution in [2.45, 2.75) is 0 Å². The number of benzene rings is 1. The Balaban J connectivity index is 1.98. The molecular weight excluding hydrogens is 258 g/mol. The van der Waals surface area contributed by atoms with Gasteiger partial charge in [0.1, 0.15) is 5.75 Å². The number of aromatic amines is 1. The van der Waals surface area contributed by atoms with Gasteiger partial charge in [0, 0.05) is 0 Å². The monoisotopic (exact) mass is 265 g/mol. The number of phenolic OH excluding ortho intramolecular Hbond substituents is 1. The van der Waals surface area contributed by atoms with Crippen LogP contribution in [0.2, 0.25) is 5.15 Å². The maximum Gasteiger partial charge on any atom is 0.295 e. The summed E-state index contributed by atoms with van der Waals surface area (Å²) in [6.45, 7) is 0. The van der Waals surface area contributed by atoms with Crippen molar-refractivity contribution in [2.24, 2.45) is 5.10 Å². The van der Waals surface area contributed by atoms with E-state index in [1.54, 1.807) is 12.1 Å². The molecule has 0 saturated carbocycles. The van der Waals surface area contributed by atoms with Gasteiger partial charge < -0.3 is 5.11 Å². The fourth-order valence-corrected chi connectivity index (χ4v) is 1.31. The number of hydrogen-bond donors (Lipinski definition) is 3. The smallest absolute Gasteiger partial charge is 0.295 e. The lowest BCUT2D eigenvalue weighted by Gasteiger charge is -1.96. The number of H-pyrrole nitrogens is 1. The minimum absolute atomic E-state index is 0.0210. The molecule has 1 aromatic carbocycles. The maximum absolute atomic E-state index is 11.5. The lowest BCUT2D eigenvalue weighted by molar-refractivity contribution is 0.0950. The van der Waals surface area contributed by atoms with Crippen LogP contribution in [0, 0.1) is 0 Å². The highest BCUT2D eigenvalue weighted by Crippen LogP contribution is 2.08. The Morgan fingerprint density at radius 3 is 2.72 bits per heavy atom. The van der Waals surface area contributed by atoms with E-state index in [1.807, 2.05) is 0 Å². The molecule has 92 valence electrons. The molecule has 0 saturated heterocycles. The standard InChI is InChI=1S/C10H8ClN5O2/c11-9-8(13-16-14-9)10(18)15-12-5-6-1-3-7(17)4-2-6/h1-5,17H,(H,15,18)(H,13,14,16)/b12-5-. The van der Waals surface area contributed by atoms with E-state index in [9.17, 15) is 4.79 Å². The quantitative estimate of drug-likeness (QED) is 0.567. The molecule has 0 aliphatic heterocycles. The number of nitrogens with zero attached hydrogens (tertiary/aromatic N) is 3. The van der Waals surface area contributed by atoms with Gasteiger partial charge >= 0.3 is 0 Å². The first-order valence-corrected chi connectivity index (χ1v) is 5.23. The van der Waals surface area contributed by atoms with Crippen molar-refractivity contribution in [1.82, 2.24) is 20.8 Å². The van der Waals surface area contributed by atoms with Crippen molar-refractivity contribution in [3.8, 4) is 5.75 Å². The lowest BCUT2D eigenvalue weighted by atomic mass is 10.2. The summed E-state index contributed by atoms with van der Waals surface area (Å²) in [7, 11) is 0. The predicted octanol–water partition coefficient (Wildman–Crippen LogP) is 0.928. The molecule has 0 aliphatic carbocycles. The van der Waals surface area contributed by atoms with Crippen molar-refractivity contribution < 1.29 is 9.90 Å². The first-order valence-electron chi connectivity index (χ1n) is 4.85. The number of aromatic nitrogens is 3. The largest absolute Gasteiger partial charge is 0.508 e. The third-order valence-corrected chi connectivity index (χ3v) is 2.26. The molecule has 1 amide bonds. The molecule has 1 aromatic heterocycles. The predicted molar refractivity (Wildman–Crippen MR) is 64.6 cm³/mol. The number of carbonyl (C=O) groups is 1. The number of hydrazone groups is 1. The van der Waals surface area contributed by atoms with Gasteiger partial charge in [0.15, 0.2) is 10.8 Å². The third-order valence-electron chi connectivity index (χ3n) is 1.99. The fourth-order valence-electron chi connectivity index (χ4n) is 1.14. The minimum atomic E-state index is -0.566. The zero-order chi connectivity index (χ0) is 13.0. The highest BCUT2D eigenvalue weighted by Gasteiger charge is 2.13. The molecule has 3 N–H and O–H groups in total. The summed E-state index contributed by atoms with van der Waals surface area (Å²) in [5, 5.41) is 22.1. The molecule has 0 fully saturated rings. The van der Waals surface area contributed by atoms with Crippen LogP contribution in [0.1, 0.15) is 16.1 Å². The molecule has 2 rings (SSSR count). The Kier molecular flexibility index (Phi) is 3.54. The normalized spacial score (nSPS) is 10.7. The number of amides is 1. The number of phenols is 1. The Morgan fingerprint density at radius 2 is 2.11 bits per heavy atom. The van der Waals surface area contributed by atoms with Crippen molar-refractivity contribution >= 4 is 23.7 Å². The first kappa shape index (κ1) is 12.1. The second-order valence-electron chi connectivity index (χ2n) is 3.25. The van der Waals surface area contributed by atoms with Crippen LogP contribution in [0.15, 0.2) is 29.4 Å². The van der Waals surface area contributed by atoms with E-state index >= 15 is 0 Å². The average Bonchev–Trinajstić information content (AvgIpc) is 2.78. The number of carbonyl (C=O) groups excluding carboxylic acids is 1. The van der Waals surface area contributed by atoms with Crippen LogP contribution in [0.5, 0.6) is 5.75 Å². The van der Waals surface area contributed by atoms with E-state index in [0.717, 1.165) is 5.56 Å². The van der Waals surface area contributed by atoms with Crippen molar-refractivity contribution in [3.63, 3.8) is 0 Å². The van der Waals surface area contributed by atoms with Crippen LogP contribution in [0.4, 0.5) is 0 Å². The molecule has 0 atom stereocenters.